The molecule has 0 aliphatic carbocycles. The van der Waals surface area contributed by atoms with Gasteiger partial charge < -0.3 is 15.8 Å². The summed E-state index contributed by atoms with van der Waals surface area (Å²) in [5, 5.41) is 2.94. The van der Waals surface area contributed by atoms with Gasteiger partial charge in [-0.15, -0.1) is 0 Å². The van der Waals surface area contributed by atoms with Crippen LogP contribution in [0.25, 0.3) is 0 Å². The molecule has 20 heavy (non-hydrogen) atoms. The zero-order valence-corrected chi connectivity index (χ0v) is 13.1. The monoisotopic (exact) mass is 278 g/mol. The minimum absolute atomic E-state index is 0.00616. The van der Waals surface area contributed by atoms with Gasteiger partial charge in [0.2, 0.25) is 0 Å². The van der Waals surface area contributed by atoms with E-state index < -0.39 is 0 Å². The van der Waals surface area contributed by atoms with E-state index in [1.165, 1.54) is 0 Å². The van der Waals surface area contributed by atoms with E-state index in [0.29, 0.717) is 5.75 Å². The van der Waals surface area contributed by atoms with E-state index in [9.17, 15) is 4.79 Å². The summed E-state index contributed by atoms with van der Waals surface area (Å²) < 4.78 is 5.61. The van der Waals surface area contributed by atoms with Crippen LogP contribution in [0.2, 0.25) is 0 Å². The van der Waals surface area contributed by atoms with Gasteiger partial charge in [-0.25, -0.2) is 0 Å². The van der Waals surface area contributed by atoms with Crippen LogP contribution in [-0.4, -0.2) is 18.1 Å². The van der Waals surface area contributed by atoms with Crippen molar-refractivity contribution in [2.75, 3.05) is 6.61 Å². The number of rotatable bonds is 6. The largest absolute Gasteiger partial charge is 0.483 e. The van der Waals surface area contributed by atoms with Crippen LogP contribution >= 0.6 is 0 Å². The zero-order valence-electron chi connectivity index (χ0n) is 13.1. The Labute approximate surface area is 121 Å². The lowest BCUT2D eigenvalue weighted by molar-refractivity contribution is -0.124. The second kappa shape index (κ2) is 6.75. The van der Waals surface area contributed by atoms with Gasteiger partial charge in [0.05, 0.1) is 0 Å². The third kappa shape index (κ3) is 4.85. The molecule has 0 heterocycles. The molecule has 0 radical (unpaired) electrons. The third-order valence-electron chi connectivity index (χ3n) is 3.38. The number of benzene rings is 1. The maximum atomic E-state index is 11.9. The standard InChI is InChI=1S/C16H26N2O2/c1-6-16(4,5)18-15(19)10-20-14-8-7-11(2)9-13(14)12(3)17/h7-9,12H,6,10,17H2,1-5H3,(H,18,19)/t12-/m1/s1. The first kappa shape index (κ1) is 16.5. The minimum Gasteiger partial charge on any atom is -0.483 e. The molecule has 0 aromatic heterocycles. The van der Waals surface area contributed by atoms with Gasteiger partial charge in [-0.3, -0.25) is 4.79 Å². The summed E-state index contributed by atoms with van der Waals surface area (Å²) in [6.07, 6.45) is 0.869. The molecule has 1 amide bonds. The van der Waals surface area contributed by atoms with Crippen molar-refractivity contribution in [2.45, 2.75) is 52.6 Å². The van der Waals surface area contributed by atoms with Gasteiger partial charge >= 0.3 is 0 Å². The molecule has 0 saturated carbocycles. The average Bonchev–Trinajstić information content (AvgIpc) is 2.36. The predicted molar refractivity (Wildman–Crippen MR) is 81.8 cm³/mol. The number of carbonyl (C=O) groups is 1. The van der Waals surface area contributed by atoms with Crippen molar-refractivity contribution in [3.05, 3.63) is 29.3 Å². The smallest absolute Gasteiger partial charge is 0.258 e. The molecule has 1 aromatic carbocycles. The van der Waals surface area contributed by atoms with E-state index >= 15 is 0 Å². The molecule has 4 heteroatoms. The van der Waals surface area contributed by atoms with Crippen molar-refractivity contribution >= 4 is 5.91 Å². The molecule has 0 aliphatic heterocycles. The Morgan fingerprint density at radius 1 is 1.45 bits per heavy atom. The molecule has 0 bridgehead atoms. The lowest BCUT2D eigenvalue weighted by atomic mass is 10.0. The Morgan fingerprint density at radius 3 is 2.65 bits per heavy atom. The third-order valence-corrected chi connectivity index (χ3v) is 3.38. The fraction of sp³-hybridized carbons (Fsp3) is 0.562. The number of nitrogens with two attached hydrogens (primary N) is 1. The van der Waals surface area contributed by atoms with Gasteiger partial charge in [-0.05, 0) is 40.2 Å². The fourth-order valence-corrected chi connectivity index (χ4v) is 1.80. The van der Waals surface area contributed by atoms with E-state index in [1.54, 1.807) is 0 Å². The first-order valence-corrected chi connectivity index (χ1v) is 7.05. The van der Waals surface area contributed by atoms with E-state index in [2.05, 4.69) is 5.32 Å². The first-order chi connectivity index (χ1) is 9.25. The van der Waals surface area contributed by atoms with Crippen LogP contribution < -0.4 is 15.8 Å². The Bertz CT molecular complexity index is 468. The molecule has 1 aromatic rings. The van der Waals surface area contributed by atoms with Crippen molar-refractivity contribution in [1.82, 2.24) is 5.32 Å². The molecule has 0 saturated heterocycles. The number of amides is 1. The van der Waals surface area contributed by atoms with Gasteiger partial charge in [-0.2, -0.15) is 0 Å². The molecule has 0 spiro atoms. The molecule has 0 fully saturated rings. The first-order valence-electron chi connectivity index (χ1n) is 7.05. The highest BCUT2D eigenvalue weighted by molar-refractivity contribution is 5.78. The number of hydrogen-bond acceptors (Lipinski definition) is 3. The Hall–Kier alpha value is -1.55. The summed E-state index contributed by atoms with van der Waals surface area (Å²) in [5.74, 6) is 0.558. The normalized spacial score (nSPS) is 12.9. The summed E-state index contributed by atoms with van der Waals surface area (Å²) >= 11 is 0. The SMILES string of the molecule is CCC(C)(C)NC(=O)COc1ccc(C)cc1[C@@H](C)N. The molecule has 0 aliphatic rings. The van der Waals surface area contributed by atoms with Crippen LogP contribution in [0.15, 0.2) is 18.2 Å². The Balaban J connectivity index is 2.68. The molecule has 1 rings (SSSR count). The lowest BCUT2D eigenvalue weighted by Gasteiger charge is -2.24. The predicted octanol–water partition coefficient (Wildman–Crippen LogP) is 2.70. The molecular weight excluding hydrogens is 252 g/mol. The van der Waals surface area contributed by atoms with Crippen LogP contribution in [0.3, 0.4) is 0 Å². The van der Waals surface area contributed by atoms with Crippen LogP contribution in [0.1, 0.15) is 51.3 Å². The highest BCUT2D eigenvalue weighted by Gasteiger charge is 2.18. The summed E-state index contributed by atoms with van der Waals surface area (Å²) in [6.45, 7) is 9.93. The van der Waals surface area contributed by atoms with Crippen molar-refractivity contribution in [1.29, 1.82) is 0 Å². The molecule has 1 atom stereocenters. The maximum Gasteiger partial charge on any atom is 0.258 e. The lowest BCUT2D eigenvalue weighted by Crippen LogP contribution is -2.44. The van der Waals surface area contributed by atoms with Gasteiger partial charge in [0.25, 0.3) is 5.91 Å². The van der Waals surface area contributed by atoms with Crippen LogP contribution in [0.5, 0.6) is 5.75 Å². The highest BCUT2D eigenvalue weighted by Crippen LogP contribution is 2.25. The van der Waals surface area contributed by atoms with Crippen LogP contribution in [0, 0.1) is 6.92 Å². The van der Waals surface area contributed by atoms with E-state index in [-0.39, 0.29) is 24.1 Å². The second-order valence-corrected chi connectivity index (χ2v) is 5.90. The minimum atomic E-state index is -0.211. The van der Waals surface area contributed by atoms with E-state index in [1.807, 2.05) is 52.8 Å². The van der Waals surface area contributed by atoms with Crippen molar-refractivity contribution < 1.29 is 9.53 Å². The number of carbonyl (C=O) groups excluding carboxylic acids is 1. The number of nitrogens with one attached hydrogen (secondary N) is 1. The number of aryl methyl sites for hydroxylation is 1. The molecule has 4 nitrogen and oxygen atoms in total. The molecule has 0 unspecified atom stereocenters. The topological polar surface area (TPSA) is 64.3 Å². The molecule has 112 valence electrons. The number of hydrogen-bond donors (Lipinski definition) is 2. The Morgan fingerprint density at radius 2 is 2.10 bits per heavy atom. The van der Waals surface area contributed by atoms with Crippen LogP contribution in [-0.2, 0) is 4.79 Å². The quantitative estimate of drug-likeness (QED) is 0.841. The van der Waals surface area contributed by atoms with Gasteiger partial charge in [0.1, 0.15) is 5.75 Å². The Kier molecular flexibility index (Phi) is 5.57. The molecule has 3 N–H and O–H groups in total. The van der Waals surface area contributed by atoms with Gasteiger partial charge in [0.15, 0.2) is 6.61 Å². The van der Waals surface area contributed by atoms with Crippen molar-refractivity contribution in [2.24, 2.45) is 5.73 Å². The summed E-state index contributed by atoms with van der Waals surface area (Å²) in [7, 11) is 0. The number of ether oxygens (including phenoxy) is 1. The second-order valence-electron chi connectivity index (χ2n) is 5.90. The average molecular weight is 278 g/mol. The van der Waals surface area contributed by atoms with Crippen LogP contribution in [0.4, 0.5) is 0 Å². The van der Waals surface area contributed by atoms with Crippen molar-refractivity contribution in [3.8, 4) is 5.75 Å². The molecular formula is C16H26N2O2. The summed E-state index contributed by atoms with van der Waals surface area (Å²) in [4.78, 5) is 11.9. The fourth-order valence-electron chi connectivity index (χ4n) is 1.80. The van der Waals surface area contributed by atoms with Crippen molar-refractivity contribution in [3.63, 3.8) is 0 Å². The van der Waals surface area contributed by atoms with E-state index in [4.69, 9.17) is 10.5 Å². The zero-order chi connectivity index (χ0) is 15.3. The maximum absolute atomic E-state index is 11.9. The highest BCUT2D eigenvalue weighted by atomic mass is 16.5. The van der Waals surface area contributed by atoms with E-state index in [0.717, 1.165) is 17.5 Å². The summed E-state index contributed by atoms with van der Waals surface area (Å²) in [6, 6.07) is 5.69. The summed E-state index contributed by atoms with van der Waals surface area (Å²) in [5.41, 5.74) is 7.77. The van der Waals surface area contributed by atoms with Gasteiger partial charge in [0, 0.05) is 17.1 Å². The van der Waals surface area contributed by atoms with Gasteiger partial charge in [-0.1, -0.05) is 24.6 Å².